The van der Waals surface area contributed by atoms with E-state index in [1.165, 1.54) is 11.3 Å². The van der Waals surface area contributed by atoms with Crippen LogP contribution in [0.2, 0.25) is 0 Å². The van der Waals surface area contributed by atoms with E-state index in [9.17, 15) is 9.59 Å². The number of hydrogen-bond donors (Lipinski definition) is 1. The molecule has 0 saturated carbocycles. The van der Waals surface area contributed by atoms with Gasteiger partial charge in [-0.3, -0.25) is 9.59 Å². The molecule has 1 aromatic heterocycles. The highest BCUT2D eigenvalue weighted by molar-refractivity contribution is 7.08. The molecule has 0 aliphatic carbocycles. The summed E-state index contributed by atoms with van der Waals surface area (Å²) in [5, 5.41) is 5.99. The van der Waals surface area contributed by atoms with E-state index in [2.05, 4.69) is 18.2 Å². The summed E-state index contributed by atoms with van der Waals surface area (Å²) < 4.78 is 0. The van der Waals surface area contributed by atoms with Crippen molar-refractivity contribution < 1.29 is 9.59 Å². The Hall–Kier alpha value is -3.24. The Morgan fingerprint density at radius 3 is 2.50 bits per heavy atom. The van der Waals surface area contributed by atoms with Crippen LogP contribution < -0.4 is 5.73 Å². The fourth-order valence-corrected chi connectivity index (χ4v) is 4.16. The van der Waals surface area contributed by atoms with E-state index in [0.29, 0.717) is 12.0 Å². The molecule has 0 aliphatic heterocycles. The van der Waals surface area contributed by atoms with E-state index in [0.717, 1.165) is 38.6 Å². The average Bonchev–Trinajstić information content (AvgIpc) is 3.22. The molecule has 138 valence electrons. The summed E-state index contributed by atoms with van der Waals surface area (Å²) in [7, 11) is 0. The number of benzene rings is 3. The van der Waals surface area contributed by atoms with Gasteiger partial charge in [-0.05, 0) is 63.5 Å². The predicted molar refractivity (Wildman–Crippen MR) is 115 cm³/mol. The molecule has 0 radical (unpaired) electrons. The minimum Gasteiger partial charge on any atom is -0.366 e. The first-order chi connectivity index (χ1) is 13.5. The molecule has 1 amide bonds. The van der Waals surface area contributed by atoms with Crippen LogP contribution in [0.5, 0.6) is 0 Å². The van der Waals surface area contributed by atoms with E-state index in [4.69, 9.17) is 5.73 Å². The van der Waals surface area contributed by atoms with Gasteiger partial charge >= 0.3 is 0 Å². The number of thiophene rings is 1. The van der Waals surface area contributed by atoms with Crippen molar-refractivity contribution in [3.8, 4) is 11.1 Å². The molecular formula is C24H19NO2S. The van der Waals surface area contributed by atoms with Gasteiger partial charge in [-0.1, -0.05) is 42.5 Å². The van der Waals surface area contributed by atoms with Crippen molar-refractivity contribution >= 4 is 33.8 Å². The molecular weight excluding hydrogens is 366 g/mol. The smallest absolute Gasteiger partial charge is 0.248 e. The van der Waals surface area contributed by atoms with Gasteiger partial charge in [-0.2, -0.15) is 11.3 Å². The Bertz CT molecular complexity index is 1190. The molecule has 4 aromatic rings. The Balaban J connectivity index is 1.67. The second-order valence-electron chi connectivity index (χ2n) is 6.85. The van der Waals surface area contributed by atoms with Gasteiger partial charge < -0.3 is 5.73 Å². The third-order valence-corrected chi connectivity index (χ3v) is 5.71. The van der Waals surface area contributed by atoms with Crippen LogP contribution in [0.15, 0.2) is 71.4 Å². The van der Waals surface area contributed by atoms with Crippen LogP contribution in [-0.4, -0.2) is 11.7 Å². The van der Waals surface area contributed by atoms with Gasteiger partial charge in [0.15, 0.2) is 5.78 Å². The summed E-state index contributed by atoms with van der Waals surface area (Å²) in [4.78, 5) is 24.0. The lowest BCUT2D eigenvalue weighted by atomic mass is 9.93. The number of carbonyl (C=O) groups excluding carboxylic acids is 2. The Morgan fingerprint density at radius 2 is 1.75 bits per heavy atom. The van der Waals surface area contributed by atoms with Crippen molar-refractivity contribution in [2.45, 2.75) is 13.3 Å². The zero-order valence-electron chi connectivity index (χ0n) is 15.4. The third-order valence-electron chi connectivity index (χ3n) is 5.02. The quantitative estimate of drug-likeness (QED) is 0.468. The molecule has 1 heterocycles. The molecule has 0 fully saturated rings. The highest BCUT2D eigenvalue weighted by atomic mass is 32.1. The van der Waals surface area contributed by atoms with Gasteiger partial charge in [0.2, 0.25) is 5.91 Å². The molecule has 2 N–H and O–H groups in total. The maximum Gasteiger partial charge on any atom is 0.248 e. The van der Waals surface area contributed by atoms with E-state index in [1.54, 1.807) is 6.07 Å². The van der Waals surface area contributed by atoms with E-state index < -0.39 is 5.91 Å². The first kappa shape index (κ1) is 18.1. The van der Waals surface area contributed by atoms with Gasteiger partial charge in [-0.25, -0.2) is 0 Å². The highest BCUT2D eigenvalue weighted by Crippen LogP contribution is 2.29. The largest absolute Gasteiger partial charge is 0.366 e. The third kappa shape index (κ3) is 3.47. The van der Waals surface area contributed by atoms with Crippen molar-refractivity contribution in [1.82, 2.24) is 0 Å². The molecule has 0 spiro atoms. The lowest BCUT2D eigenvalue weighted by Gasteiger charge is -2.11. The Kier molecular flexibility index (Phi) is 4.80. The van der Waals surface area contributed by atoms with Crippen LogP contribution >= 0.6 is 11.3 Å². The number of nitrogens with two attached hydrogens (primary N) is 1. The van der Waals surface area contributed by atoms with Crippen molar-refractivity contribution in [3.05, 3.63) is 93.7 Å². The lowest BCUT2D eigenvalue weighted by Crippen LogP contribution is -2.12. The van der Waals surface area contributed by atoms with Crippen molar-refractivity contribution in [2.24, 2.45) is 5.73 Å². The maximum atomic E-state index is 12.3. The Morgan fingerprint density at radius 1 is 0.964 bits per heavy atom. The highest BCUT2D eigenvalue weighted by Gasteiger charge is 2.11. The first-order valence-electron chi connectivity index (χ1n) is 9.01. The van der Waals surface area contributed by atoms with Crippen molar-refractivity contribution in [2.75, 3.05) is 0 Å². The molecule has 0 saturated heterocycles. The number of fused-ring (bicyclic) bond motifs is 1. The van der Waals surface area contributed by atoms with Gasteiger partial charge in [-0.15, -0.1) is 0 Å². The summed E-state index contributed by atoms with van der Waals surface area (Å²) in [6.45, 7) is 1.92. The van der Waals surface area contributed by atoms with E-state index >= 15 is 0 Å². The summed E-state index contributed by atoms with van der Waals surface area (Å²) in [6.07, 6.45) is 0.397. The fourth-order valence-electron chi connectivity index (χ4n) is 3.50. The minimum atomic E-state index is -0.417. The first-order valence-corrected chi connectivity index (χ1v) is 9.95. The summed E-state index contributed by atoms with van der Waals surface area (Å²) in [5.41, 5.74) is 10.7. The number of carbonyl (C=O) groups is 2. The molecule has 0 bridgehead atoms. The zero-order valence-corrected chi connectivity index (χ0v) is 16.3. The van der Waals surface area contributed by atoms with Gasteiger partial charge in [0, 0.05) is 22.9 Å². The second-order valence-corrected chi connectivity index (χ2v) is 7.63. The molecule has 4 rings (SSSR count). The molecule has 4 heteroatoms. The second kappa shape index (κ2) is 7.41. The molecule has 0 aliphatic rings. The van der Waals surface area contributed by atoms with Gasteiger partial charge in [0.25, 0.3) is 0 Å². The Labute approximate surface area is 167 Å². The minimum absolute atomic E-state index is 0.135. The molecule has 0 unspecified atom stereocenters. The number of Topliss-reactive ketones (excluding diaryl/α,β-unsaturated/α-hetero) is 1. The van der Waals surface area contributed by atoms with Crippen LogP contribution in [0.25, 0.3) is 21.9 Å². The van der Waals surface area contributed by atoms with Gasteiger partial charge in [0.1, 0.15) is 0 Å². The molecule has 3 nitrogen and oxygen atoms in total. The number of amides is 1. The van der Waals surface area contributed by atoms with Crippen molar-refractivity contribution in [3.63, 3.8) is 0 Å². The summed E-state index contributed by atoms with van der Waals surface area (Å²) in [5.74, 6) is -0.281. The maximum absolute atomic E-state index is 12.3. The van der Waals surface area contributed by atoms with Crippen LogP contribution in [0, 0.1) is 6.92 Å². The monoisotopic (exact) mass is 385 g/mol. The number of primary amides is 1. The number of rotatable bonds is 5. The summed E-state index contributed by atoms with van der Waals surface area (Å²) in [6, 6.07) is 19.8. The predicted octanol–water partition coefficient (Wildman–Crippen LogP) is 5.40. The van der Waals surface area contributed by atoms with Crippen LogP contribution in [0.3, 0.4) is 0 Å². The number of ketones is 1. The van der Waals surface area contributed by atoms with Crippen LogP contribution in [0.1, 0.15) is 31.8 Å². The number of hydrogen-bond acceptors (Lipinski definition) is 3. The SMILES string of the molecule is Cc1c(C(N)=O)cccc1-c1ccc2cc(CC(=O)c3ccsc3)ccc2c1. The topological polar surface area (TPSA) is 60.2 Å². The zero-order chi connectivity index (χ0) is 19.7. The molecule has 28 heavy (non-hydrogen) atoms. The van der Waals surface area contributed by atoms with Gasteiger partial charge in [0.05, 0.1) is 0 Å². The standard InChI is InChI=1S/C24H19NO2S/c1-15-21(3-2-4-22(15)24(25)27)19-8-7-17-11-16(5-6-18(17)13-19)12-23(26)20-9-10-28-14-20/h2-11,13-14H,12H2,1H3,(H2,25,27). The van der Waals surface area contributed by atoms with Crippen LogP contribution in [0.4, 0.5) is 0 Å². The average molecular weight is 385 g/mol. The fraction of sp³-hybridized carbons (Fsp3) is 0.0833. The normalized spacial score (nSPS) is 10.9. The van der Waals surface area contributed by atoms with E-state index in [-0.39, 0.29) is 5.78 Å². The van der Waals surface area contributed by atoms with Crippen molar-refractivity contribution in [1.29, 1.82) is 0 Å². The molecule has 0 atom stereocenters. The lowest BCUT2D eigenvalue weighted by molar-refractivity contribution is 0.0987. The van der Waals surface area contributed by atoms with Crippen LogP contribution in [-0.2, 0) is 6.42 Å². The summed E-state index contributed by atoms with van der Waals surface area (Å²) >= 11 is 1.53. The molecule has 3 aromatic carbocycles. The van der Waals surface area contributed by atoms with E-state index in [1.807, 2.05) is 54.1 Å².